The Morgan fingerprint density at radius 2 is 1.91 bits per heavy atom. The number of alkyl halides is 2. The summed E-state index contributed by atoms with van der Waals surface area (Å²) < 4.78 is 37.5. The predicted octanol–water partition coefficient (Wildman–Crippen LogP) is 4.22. The number of anilines is 1. The van der Waals surface area contributed by atoms with Crippen LogP contribution in [-0.4, -0.2) is 31.9 Å². The fraction of sp³-hybridized carbons (Fsp3) is 0.160. The molecule has 35 heavy (non-hydrogen) atoms. The monoisotopic (exact) mass is 475 g/mol. The Labute approximate surface area is 198 Å². The van der Waals surface area contributed by atoms with Crippen molar-refractivity contribution in [2.24, 2.45) is 0 Å². The molecule has 0 spiro atoms. The van der Waals surface area contributed by atoms with Crippen molar-refractivity contribution in [2.45, 2.75) is 25.5 Å². The van der Waals surface area contributed by atoms with Crippen molar-refractivity contribution in [3.05, 3.63) is 102 Å². The number of hydrogen-bond donors (Lipinski definition) is 0. The van der Waals surface area contributed by atoms with Gasteiger partial charge in [-0.3, -0.25) is 9.78 Å². The van der Waals surface area contributed by atoms with Gasteiger partial charge in [0.2, 0.25) is 0 Å². The average Bonchev–Trinajstić information content (AvgIpc) is 3.47. The summed E-state index contributed by atoms with van der Waals surface area (Å²) in [5.74, 6) is -5.78. The highest BCUT2D eigenvalue weighted by Gasteiger charge is 2.54. The standard InChI is InChI=1S/C25H19F2N5O3/c1-16(35-23(33)18-6-3-2-4-7-18)20-8-5-9-21-22(20)25(26,27)24(34)31(21)15-17-12-19(14-28-13-17)32-11-10-29-30-32/h2-14,16H,15H2,1H3. The van der Waals surface area contributed by atoms with Crippen LogP contribution in [0, 0.1) is 0 Å². The Balaban J connectivity index is 1.46. The average molecular weight is 475 g/mol. The van der Waals surface area contributed by atoms with Gasteiger partial charge in [-0.1, -0.05) is 35.5 Å². The molecule has 4 aromatic rings. The van der Waals surface area contributed by atoms with Gasteiger partial charge >= 0.3 is 17.8 Å². The lowest BCUT2D eigenvalue weighted by atomic mass is 9.98. The van der Waals surface area contributed by atoms with Crippen molar-refractivity contribution in [1.29, 1.82) is 0 Å². The summed E-state index contributed by atoms with van der Waals surface area (Å²) in [6.45, 7) is 1.38. The van der Waals surface area contributed by atoms with E-state index in [1.165, 1.54) is 36.1 Å². The summed E-state index contributed by atoms with van der Waals surface area (Å²) in [6.07, 6.45) is 5.16. The van der Waals surface area contributed by atoms with E-state index in [0.29, 0.717) is 16.8 Å². The number of esters is 1. The van der Waals surface area contributed by atoms with Crippen molar-refractivity contribution < 1.29 is 23.1 Å². The summed E-state index contributed by atoms with van der Waals surface area (Å²) in [4.78, 5) is 30.5. The predicted molar refractivity (Wildman–Crippen MR) is 121 cm³/mol. The van der Waals surface area contributed by atoms with Gasteiger partial charge in [-0.15, -0.1) is 5.10 Å². The second-order valence-electron chi connectivity index (χ2n) is 8.02. The molecule has 0 bridgehead atoms. The van der Waals surface area contributed by atoms with Crippen LogP contribution in [0.25, 0.3) is 5.69 Å². The number of ether oxygens (including phenoxy) is 1. The zero-order valence-corrected chi connectivity index (χ0v) is 18.5. The number of halogens is 2. The molecule has 0 aliphatic carbocycles. The molecule has 1 aliphatic heterocycles. The molecule has 1 aliphatic rings. The minimum Gasteiger partial charge on any atom is -0.454 e. The summed E-state index contributed by atoms with van der Waals surface area (Å²) in [5.41, 5.74) is 1.08. The van der Waals surface area contributed by atoms with Gasteiger partial charge in [-0.05, 0) is 36.8 Å². The van der Waals surface area contributed by atoms with Gasteiger partial charge in [0.25, 0.3) is 0 Å². The van der Waals surface area contributed by atoms with Gasteiger partial charge in [0.05, 0.1) is 47.6 Å². The minimum absolute atomic E-state index is 0.0614. The number of benzene rings is 2. The molecular weight excluding hydrogens is 456 g/mol. The van der Waals surface area contributed by atoms with Crippen LogP contribution in [0.5, 0.6) is 0 Å². The van der Waals surface area contributed by atoms with Gasteiger partial charge < -0.3 is 9.64 Å². The van der Waals surface area contributed by atoms with Crippen LogP contribution in [0.15, 0.2) is 79.4 Å². The van der Waals surface area contributed by atoms with Crippen LogP contribution in [0.1, 0.15) is 40.1 Å². The van der Waals surface area contributed by atoms with E-state index in [1.54, 1.807) is 54.9 Å². The number of fused-ring (bicyclic) bond motifs is 1. The molecule has 1 atom stereocenters. The molecule has 1 amide bonds. The Kier molecular flexibility index (Phi) is 5.56. The second kappa shape index (κ2) is 8.71. The molecule has 0 fully saturated rings. The van der Waals surface area contributed by atoms with Gasteiger partial charge in [0.1, 0.15) is 6.10 Å². The van der Waals surface area contributed by atoms with Crippen molar-refractivity contribution in [1.82, 2.24) is 20.0 Å². The summed E-state index contributed by atoms with van der Waals surface area (Å²) in [7, 11) is 0. The highest BCUT2D eigenvalue weighted by Crippen LogP contribution is 2.48. The number of aromatic nitrogens is 4. The van der Waals surface area contributed by atoms with E-state index in [0.717, 1.165) is 4.90 Å². The van der Waals surface area contributed by atoms with Gasteiger partial charge in [0, 0.05) is 11.8 Å². The van der Waals surface area contributed by atoms with E-state index in [-0.39, 0.29) is 17.8 Å². The van der Waals surface area contributed by atoms with E-state index in [9.17, 15) is 9.59 Å². The first-order valence-corrected chi connectivity index (χ1v) is 10.8. The number of nitrogens with zero attached hydrogens (tertiary/aromatic N) is 5. The minimum atomic E-state index is -3.78. The lowest BCUT2D eigenvalue weighted by molar-refractivity contribution is -0.141. The van der Waals surface area contributed by atoms with E-state index in [1.807, 2.05) is 0 Å². The Morgan fingerprint density at radius 3 is 2.66 bits per heavy atom. The SMILES string of the molecule is CC(OC(=O)c1ccccc1)c1cccc2c1C(F)(F)C(=O)N2Cc1cncc(-n2ccnn2)c1. The molecular formula is C25H19F2N5O3. The Bertz CT molecular complexity index is 1390. The van der Waals surface area contributed by atoms with Crippen molar-refractivity contribution in [2.75, 3.05) is 4.90 Å². The number of rotatable bonds is 6. The number of carbonyl (C=O) groups is 2. The zero-order valence-electron chi connectivity index (χ0n) is 18.5. The highest BCUT2D eigenvalue weighted by molar-refractivity contribution is 6.06. The lowest BCUT2D eigenvalue weighted by Gasteiger charge is -2.19. The molecule has 5 rings (SSSR count). The fourth-order valence-electron chi connectivity index (χ4n) is 4.09. The third kappa shape index (κ3) is 4.03. The van der Waals surface area contributed by atoms with Crippen molar-refractivity contribution in [3.63, 3.8) is 0 Å². The maximum atomic E-state index is 15.3. The molecule has 10 heteroatoms. The van der Waals surface area contributed by atoms with Gasteiger partial charge in [0.15, 0.2) is 0 Å². The summed E-state index contributed by atoms with van der Waals surface area (Å²) in [6, 6.07) is 14.4. The maximum absolute atomic E-state index is 15.3. The lowest BCUT2D eigenvalue weighted by Crippen LogP contribution is -2.34. The number of carbonyl (C=O) groups excluding carboxylic acids is 2. The third-order valence-electron chi connectivity index (χ3n) is 5.73. The Hall–Kier alpha value is -4.47. The van der Waals surface area contributed by atoms with E-state index in [4.69, 9.17) is 4.74 Å². The Morgan fingerprint density at radius 1 is 1.11 bits per heavy atom. The first-order valence-electron chi connectivity index (χ1n) is 10.8. The van der Waals surface area contributed by atoms with E-state index >= 15 is 8.78 Å². The first kappa shape index (κ1) is 22.3. The van der Waals surface area contributed by atoms with Crippen LogP contribution in [0.3, 0.4) is 0 Å². The van der Waals surface area contributed by atoms with Crippen LogP contribution in [-0.2, 0) is 22.0 Å². The smallest absolute Gasteiger partial charge is 0.352 e. The largest absolute Gasteiger partial charge is 0.454 e. The molecule has 0 N–H and O–H groups in total. The molecule has 2 aromatic carbocycles. The molecule has 0 saturated heterocycles. The molecule has 1 unspecified atom stereocenters. The molecule has 2 aromatic heterocycles. The molecule has 3 heterocycles. The second-order valence-corrected chi connectivity index (χ2v) is 8.02. The molecule has 0 saturated carbocycles. The molecule has 0 radical (unpaired) electrons. The molecule has 8 nitrogen and oxygen atoms in total. The fourth-order valence-corrected chi connectivity index (χ4v) is 4.09. The van der Waals surface area contributed by atoms with Gasteiger partial charge in [-0.25, -0.2) is 9.48 Å². The van der Waals surface area contributed by atoms with Gasteiger partial charge in [-0.2, -0.15) is 8.78 Å². The maximum Gasteiger partial charge on any atom is 0.352 e. The molecule has 176 valence electrons. The third-order valence-corrected chi connectivity index (χ3v) is 5.73. The van der Waals surface area contributed by atoms with Crippen molar-refractivity contribution in [3.8, 4) is 5.69 Å². The summed E-state index contributed by atoms with van der Waals surface area (Å²) in [5, 5.41) is 7.64. The van der Waals surface area contributed by atoms with E-state index in [2.05, 4.69) is 15.3 Å². The summed E-state index contributed by atoms with van der Waals surface area (Å²) >= 11 is 0. The van der Waals surface area contributed by atoms with Crippen molar-refractivity contribution >= 4 is 17.6 Å². The van der Waals surface area contributed by atoms with E-state index < -0.39 is 29.5 Å². The number of pyridine rings is 1. The van der Waals surface area contributed by atoms with Crippen LogP contribution < -0.4 is 4.90 Å². The zero-order chi connectivity index (χ0) is 24.6. The first-order chi connectivity index (χ1) is 16.9. The van der Waals surface area contributed by atoms with Crippen LogP contribution >= 0.6 is 0 Å². The van der Waals surface area contributed by atoms with Crippen LogP contribution in [0.2, 0.25) is 0 Å². The number of hydrogen-bond acceptors (Lipinski definition) is 6. The topological polar surface area (TPSA) is 90.2 Å². The number of amides is 1. The highest BCUT2D eigenvalue weighted by atomic mass is 19.3. The normalized spacial score (nSPS) is 15.1. The van der Waals surface area contributed by atoms with Crippen LogP contribution in [0.4, 0.5) is 14.5 Å². The quantitative estimate of drug-likeness (QED) is 0.388.